The molecule has 0 spiro atoms. The van der Waals surface area contributed by atoms with E-state index in [0.29, 0.717) is 12.2 Å². The average molecular weight is 348 g/mol. The minimum Gasteiger partial charge on any atom is -0.360 e. The highest BCUT2D eigenvalue weighted by atomic mass is 16.1. The van der Waals surface area contributed by atoms with E-state index in [-0.39, 0.29) is 11.3 Å². The molecular weight excluding hydrogens is 324 g/mol. The maximum absolute atomic E-state index is 12.5. The lowest BCUT2D eigenvalue weighted by Gasteiger charge is -2.25. The minimum atomic E-state index is -0.101. The monoisotopic (exact) mass is 348 g/mol. The van der Waals surface area contributed by atoms with Crippen LogP contribution in [-0.4, -0.2) is 40.4 Å². The normalized spacial score (nSPS) is 20.5. The lowest BCUT2D eigenvalue weighted by Crippen LogP contribution is -2.38. The summed E-state index contributed by atoms with van der Waals surface area (Å²) in [7, 11) is 0. The number of aromatic nitrogens is 2. The van der Waals surface area contributed by atoms with Gasteiger partial charge in [0.05, 0.1) is 11.0 Å². The van der Waals surface area contributed by atoms with E-state index in [4.69, 9.17) is 0 Å². The molecule has 5 nitrogen and oxygen atoms in total. The molecule has 4 rings (SSSR count). The van der Waals surface area contributed by atoms with Crippen LogP contribution in [0.5, 0.6) is 0 Å². The number of fused-ring (bicyclic) bond motifs is 1. The van der Waals surface area contributed by atoms with Crippen LogP contribution in [0.3, 0.4) is 0 Å². The number of hydrogen-bond acceptors (Lipinski definition) is 3. The number of pyridine rings is 1. The van der Waals surface area contributed by atoms with Gasteiger partial charge in [0.1, 0.15) is 5.69 Å². The third-order valence-electron chi connectivity index (χ3n) is 5.20. The zero-order valence-electron chi connectivity index (χ0n) is 15.0. The van der Waals surface area contributed by atoms with E-state index in [2.05, 4.69) is 51.4 Å². The Morgan fingerprint density at radius 3 is 2.92 bits per heavy atom. The van der Waals surface area contributed by atoms with E-state index in [9.17, 15) is 4.79 Å². The summed E-state index contributed by atoms with van der Waals surface area (Å²) in [5.41, 5.74) is 3.67. The summed E-state index contributed by atoms with van der Waals surface area (Å²) < 4.78 is 0. The molecule has 1 saturated heterocycles. The van der Waals surface area contributed by atoms with Gasteiger partial charge < -0.3 is 10.3 Å². The van der Waals surface area contributed by atoms with E-state index in [0.717, 1.165) is 37.1 Å². The lowest BCUT2D eigenvalue weighted by atomic mass is 9.90. The molecule has 2 aromatic heterocycles. The molecule has 3 aromatic rings. The van der Waals surface area contributed by atoms with Gasteiger partial charge >= 0.3 is 0 Å². The quantitative estimate of drug-likeness (QED) is 0.744. The van der Waals surface area contributed by atoms with Crippen molar-refractivity contribution in [1.29, 1.82) is 0 Å². The Balaban J connectivity index is 1.34. The number of nitrogens with zero attached hydrogens (tertiary/aromatic N) is 2. The van der Waals surface area contributed by atoms with Crippen LogP contribution in [0.15, 0.2) is 54.7 Å². The van der Waals surface area contributed by atoms with E-state index in [1.165, 1.54) is 5.56 Å². The van der Waals surface area contributed by atoms with Crippen molar-refractivity contribution in [2.75, 3.05) is 19.6 Å². The van der Waals surface area contributed by atoms with Crippen molar-refractivity contribution in [2.45, 2.75) is 19.9 Å². The first-order valence-corrected chi connectivity index (χ1v) is 9.10. The number of carbonyl (C=O) groups is 1. The van der Waals surface area contributed by atoms with Gasteiger partial charge in [0.25, 0.3) is 5.91 Å². The first-order chi connectivity index (χ1) is 12.6. The van der Waals surface area contributed by atoms with Gasteiger partial charge in [-0.15, -0.1) is 0 Å². The molecule has 1 aromatic carbocycles. The molecule has 1 unspecified atom stereocenters. The summed E-state index contributed by atoms with van der Waals surface area (Å²) in [6.07, 6.45) is 2.92. The number of carbonyl (C=O) groups excluding carboxylic acids is 1. The standard InChI is InChI=1S/C21H24N4O/c1-21(10-12-25(15-21)13-16-5-3-2-4-6-16)14-23-20(26)19-8-7-17-18(24-19)9-11-22-17/h2-9,11,22H,10,12-15H2,1H3,(H,23,26). The highest BCUT2D eigenvalue weighted by molar-refractivity contribution is 5.94. The van der Waals surface area contributed by atoms with Gasteiger partial charge in [-0.05, 0) is 42.1 Å². The molecule has 0 saturated carbocycles. The maximum atomic E-state index is 12.5. The van der Waals surface area contributed by atoms with Crippen molar-refractivity contribution in [3.05, 3.63) is 66.0 Å². The molecule has 1 atom stereocenters. The second-order valence-corrected chi connectivity index (χ2v) is 7.55. The second kappa shape index (κ2) is 6.92. The topological polar surface area (TPSA) is 61.0 Å². The lowest BCUT2D eigenvalue weighted by molar-refractivity contribution is 0.0929. The maximum Gasteiger partial charge on any atom is 0.269 e. The third kappa shape index (κ3) is 3.63. The molecule has 26 heavy (non-hydrogen) atoms. The van der Waals surface area contributed by atoms with E-state index < -0.39 is 0 Å². The first-order valence-electron chi connectivity index (χ1n) is 9.10. The fraction of sp³-hybridized carbons (Fsp3) is 0.333. The first kappa shape index (κ1) is 16.8. The fourth-order valence-electron chi connectivity index (χ4n) is 3.69. The molecule has 1 aliphatic rings. The van der Waals surface area contributed by atoms with Crippen LogP contribution in [0.2, 0.25) is 0 Å². The molecular formula is C21H24N4O. The van der Waals surface area contributed by atoms with Gasteiger partial charge in [-0.1, -0.05) is 37.3 Å². The van der Waals surface area contributed by atoms with Crippen molar-refractivity contribution in [1.82, 2.24) is 20.2 Å². The largest absolute Gasteiger partial charge is 0.360 e. The van der Waals surface area contributed by atoms with Crippen LogP contribution in [-0.2, 0) is 6.54 Å². The average Bonchev–Trinajstić information content (AvgIpc) is 3.27. The highest BCUT2D eigenvalue weighted by Crippen LogP contribution is 2.30. The van der Waals surface area contributed by atoms with Crippen LogP contribution >= 0.6 is 0 Å². The number of likely N-dealkylation sites (tertiary alicyclic amines) is 1. The van der Waals surface area contributed by atoms with Gasteiger partial charge in [0, 0.05) is 25.8 Å². The van der Waals surface area contributed by atoms with Crippen molar-refractivity contribution < 1.29 is 4.79 Å². The molecule has 1 aliphatic heterocycles. The van der Waals surface area contributed by atoms with Crippen molar-refractivity contribution in [3.63, 3.8) is 0 Å². The molecule has 3 heterocycles. The molecule has 134 valence electrons. The molecule has 1 fully saturated rings. The Kier molecular flexibility index (Phi) is 4.47. The van der Waals surface area contributed by atoms with E-state index in [1.54, 1.807) is 6.07 Å². The van der Waals surface area contributed by atoms with Gasteiger partial charge in [-0.2, -0.15) is 0 Å². The molecule has 5 heteroatoms. The van der Waals surface area contributed by atoms with E-state index >= 15 is 0 Å². The predicted molar refractivity (Wildman–Crippen MR) is 103 cm³/mol. The second-order valence-electron chi connectivity index (χ2n) is 7.55. The Hall–Kier alpha value is -2.66. The summed E-state index contributed by atoms with van der Waals surface area (Å²) in [5, 5.41) is 3.08. The minimum absolute atomic E-state index is 0.0998. The predicted octanol–water partition coefficient (Wildman–Crippen LogP) is 3.20. The molecule has 0 bridgehead atoms. The molecule has 0 aliphatic carbocycles. The number of benzene rings is 1. The zero-order chi connectivity index (χ0) is 18.0. The summed E-state index contributed by atoms with van der Waals surface area (Å²) in [5.74, 6) is -0.101. The van der Waals surface area contributed by atoms with Crippen LogP contribution in [0.4, 0.5) is 0 Å². The molecule has 1 amide bonds. The summed E-state index contributed by atoms with van der Waals surface area (Å²) in [4.78, 5) is 22.5. The molecule has 0 radical (unpaired) electrons. The number of amides is 1. The zero-order valence-corrected chi connectivity index (χ0v) is 15.0. The van der Waals surface area contributed by atoms with Crippen LogP contribution in [0.25, 0.3) is 11.0 Å². The van der Waals surface area contributed by atoms with E-state index in [1.807, 2.05) is 24.4 Å². The third-order valence-corrected chi connectivity index (χ3v) is 5.20. The summed E-state index contributed by atoms with van der Waals surface area (Å²) in [6, 6.07) is 16.1. The van der Waals surface area contributed by atoms with Gasteiger partial charge in [0.15, 0.2) is 0 Å². The number of nitrogens with one attached hydrogen (secondary N) is 2. The van der Waals surface area contributed by atoms with Crippen molar-refractivity contribution >= 4 is 16.9 Å². The van der Waals surface area contributed by atoms with Gasteiger partial charge in [-0.25, -0.2) is 4.98 Å². The highest BCUT2D eigenvalue weighted by Gasteiger charge is 2.34. The van der Waals surface area contributed by atoms with Gasteiger partial charge in [0.2, 0.25) is 0 Å². The Labute approximate surface area is 153 Å². The Morgan fingerprint density at radius 1 is 1.23 bits per heavy atom. The van der Waals surface area contributed by atoms with Gasteiger partial charge in [-0.3, -0.25) is 9.69 Å². The summed E-state index contributed by atoms with van der Waals surface area (Å²) in [6.45, 7) is 5.95. The number of H-pyrrole nitrogens is 1. The number of rotatable bonds is 5. The van der Waals surface area contributed by atoms with Crippen LogP contribution in [0.1, 0.15) is 29.4 Å². The van der Waals surface area contributed by atoms with Crippen LogP contribution in [0, 0.1) is 5.41 Å². The SMILES string of the molecule is CC1(CNC(=O)c2ccc3[nH]ccc3n2)CCN(Cc2ccccc2)C1. The summed E-state index contributed by atoms with van der Waals surface area (Å²) >= 11 is 0. The Morgan fingerprint density at radius 2 is 2.08 bits per heavy atom. The van der Waals surface area contributed by atoms with Crippen molar-refractivity contribution in [2.24, 2.45) is 5.41 Å². The van der Waals surface area contributed by atoms with Crippen LogP contribution < -0.4 is 5.32 Å². The number of aromatic amines is 1. The smallest absolute Gasteiger partial charge is 0.269 e. The fourth-order valence-corrected chi connectivity index (χ4v) is 3.69. The Bertz CT molecular complexity index is 905. The molecule has 2 N–H and O–H groups in total. The number of hydrogen-bond donors (Lipinski definition) is 2. The van der Waals surface area contributed by atoms with Crippen molar-refractivity contribution in [3.8, 4) is 0 Å².